The number of methoxy groups -OCH3 is 2. The van der Waals surface area contributed by atoms with Crippen molar-refractivity contribution in [1.29, 1.82) is 0 Å². The maximum Gasteiger partial charge on any atom is 0.293 e. The lowest BCUT2D eigenvalue weighted by molar-refractivity contribution is 0.0994. The summed E-state index contributed by atoms with van der Waals surface area (Å²) in [5.41, 5.74) is 1.26. The van der Waals surface area contributed by atoms with Crippen LogP contribution >= 0.6 is 11.3 Å². The van der Waals surface area contributed by atoms with Gasteiger partial charge in [-0.1, -0.05) is 6.07 Å². The molecule has 0 saturated carbocycles. The predicted molar refractivity (Wildman–Crippen MR) is 117 cm³/mol. The summed E-state index contributed by atoms with van der Waals surface area (Å²) in [5, 5.41) is 4.98. The van der Waals surface area contributed by atoms with Crippen molar-refractivity contribution in [2.75, 3.05) is 19.5 Å². The third-order valence-corrected chi connectivity index (χ3v) is 5.28. The second-order valence-electron chi connectivity index (χ2n) is 6.49. The largest absolute Gasteiger partial charge is 0.497 e. The van der Waals surface area contributed by atoms with Crippen molar-refractivity contribution in [2.45, 2.75) is 6.54 Å². The topological polar surface area (TPSA) is 95.6 Å². The Morgan fingerprint density at radius 2 is 2.03 bits per heavy atom. The van der Waals surface area contributed by atoms with Crippen molar-refractivity contribution < 1.29 is 18.7 Å². The van der Waals surface area contributed by atoms with Crippen molar-refractivity contribution in [3.05, 3.63) is 82.0 Å². The molecule has 0 saturated heterocycles. The van der Waals surface area contributed by atoms with Crippen LogP contribution < -0.4 is 20.3 Å². The lowest BCUT2D eigenvalue weighted by Crippen LogP contribution is -2.18. The molecule has 31 heavy (non-hydrogen) atoms. The van der Waals surface area contributed by atoms with Gasteiger partial charge < -0.3 is 18.5 Å². The number of nitrogens with zero attached hydrogens (tertiary/aromatic N) is 2. The van der Waals surface area contributed by atoms with Gasteiger partial charge in [-0.2, -0.15) is 0 Å². The molecule has 3 aromatic heterocycles. The van der Waals surface area contributed by atoms with Crippen LogP contribution in [0.15, 0.2) is 69.3 Å². The fourth-order valence-electron chi connectivity index (χ4n) is 2.97. The number of ether oxygens (including phenoxy) is 2. The zero-order chi connectivity index (χ0) is 21.8. The highest BCUT2D eigenvalue weighted by atomic mass is 32.1. The van der Waals surface area contributed by atoms with Crippen LogP contribution in [-0.2, 0) is 6.54 Å². The van der Waals surface area contributed by atoms with Crippen molar-refractivity contribution in [3.8, 4) is 22.8 Å². The van der Waals surface area contributed by atoms with Gasteiger partial charge in [-0.05, 0) is 36.4 Å². The van der Waals surface area contributed by atoms with Crippen LogP contribution in [-0.4, -0.2) is 29.7 Å². The minimum atomic E-state index is -0.426. The van der Waals surface area contributed by atoms with Crippen LogP contribution in [0.3, 0.4) is 0 Å². The Balaban J connectivity index is 1.48. The number of pyridine rings is 1. The standard InChI is InChI=1S/C22H19N3O5S/c1-28-14-6-8-18(29-2)16(11-14)17-13-31-22(23-17)24-21(27)19-9-7-15(30-19)12-25-10-4-3-5-20(25)26/h3-11,13H,12H2,1-2H3,(H,23,24,27). The number of rotatable bonds is 7. The fourth-order valence-corrected chi connectivity index (χ4v) is 3.68. The normalized spacial score (nSPS) is 10.6. The molecular formula is C22H19N3O5S. The van der Waals surface area contributed by atoms with Crippen molar-refractivity contribution >= 4 is 22.4 Å². The molecule has 1 aromatic carbocycles. The Kier molecular flexibility index (Phi) is 5.85. The molecule has 0 radical (unpaired) electrons. The number of hydrogen-bond donors (Lipinski definition) is 1. The van der Waals surface area contributed by atoms with Gasteiger partial charge in [0.05, 0.1) is 26.5 Å². The van der Waals surface area contributed by atoms with E-state index in [1.807, 2.05) is 11.4 Å². The highest BCUT2D eigenvalue weighted by Gasteiger charge is 2.16. The summed E-state index contributed by atoms with van der Waals surface area (Å²) in [6, 6.07) is 13.6. The number of carbonyl (C=O) groups excluding carboxylic acids is 1. The minimum absolute atomic E-state index is 0.134. The third-order valence-electron chi connectivity index (χ3n) is 4.52. The molecule has 0 unspecified atom stereocenters. The molecule has 0 bridgehead atoms. The Hall–Kier alpha value is -3.85. The second-order valence-corrected chi connectivity index (χ2v) is 7.35. The highest BCUT2D eigenvalue weighted by Crippen LogP contribution is 2.35. The van der Waals surface area contributed by atoms with Gasteiger partial charge in [-0.25, -0.2) is 4.98 Å². The Morgan fingerprint density at radius 3 is 2.81 bits per heavy atom. The Morgan fingerprint density at radius 1 is 1.16 bits per heavy atom. The van der Waals surface area contributed by atoms with E-state index in [0.717, 1.165) is 5.56 Å². The summed E-state index contributed by atoms with van der Waals surface area (Å²) in [7, 11) is 3.17. The average Bonchev–Trinajstić information content (AvgIpc) is 3.44. The molecule has 3 heterocycles. The van der Waals surface area contributed by atoms with Gasteiger partial charge in [-0.3, -0.25) is 14.9 Å². The quantitative estimate of drug-likeness (QED) is 0.471. The van der Waals surface area contributed by atoms with Gasteiger partial charge in [0, 0.05) is 23.2 Å². The van der Waals surface area contributed by atoms with E-state index in [4.69, 9.17) is 13.9 Å². The second kappa shape index (κ2) is 8.88. The number of carbonyl (C=O) groups is 1. The highest BCUT2D eigenvalue weighted by molar-refractivity contribution is 7.14. The van der Waals surface area contributed by atoms with E-state index in [2.05, 4.69) is 10.3 Å². The monoisotopic (exact) mass is 437 g/mol. The van der Waals surface area contributed by atoms with Crippen LogP contribution in [0.25, 0.3) is 11.3 Å². The van der Waals surface area contributed by atoms with Gasteiger partial charge in [-0.15, -0.1) is 11.3 Å². The summed E-state index contributed by atoms with van der Waals surface area (Å²) in [5.74, 6) is 1.53. The van der Waals surface area contributed by atoms with Crippen LogP contribution in [0.1, 0.15) is 16.3 Å². The first-order valence-electron chi connectivity index (χ1n) is 9.31. The fraction of sp³-hybridized carbons (Fsp3) is 0.136. The summed E-state index contributed by atoms with van der Waals surface area (Å²) < 4.78 is 17.8. The van der Waals surface area contributed by atoms with Crippen LogP contribution in [0.2, 0.25) is 0 Å². The SMILES string of the molecule is COc1ccc(OC)c(-c2csc(NC(=O)c3ccc(Cn4ccccc4=O)o3)n2)c1. The molecule has 1 amide bonds. The van der Waals surface area contributed by atoms with Gasteiger partial charge in [0.15, 0.2) is 10.9 Å². The zero-order valence-electron chi connectivity index (χ0n) is 16.8. The Labute approximate surface area is 181 Å². The van der Waals surface area contributed by atoms with Gasteiger partial charge in [0.1, 0.15) is 17.3 Å². The molecule has 4 rings (SSSR count). The van der Waals surface area contributed by atoms with E-state index in [1.165, 1.54) is 22.0 Å². The lowest BCUT2D eigenvalue weighted by Gasteiger charge is -2.08. The molecular weight excluding hydrogens is 418 g/mol. The molecule has 0 aliphatic rings. The average molecular weight is 437 g/mol. The van der Waals surface area contributed by atoms with E-state index in [9.17, 15) is 9.59 Å². The van der Waals surface area contributed by atoms with Crippen molar-refractivity contribution in [1.82, 2.24) is 9.55 Å². The molecule has 1 N–H and O–H groups in total. The van der Waals surface area contributed by atoms with E-state index in [1.54, 1.807) is 56.8 Å². The predicted octanol–water partition coefficient (Wildman–Crippen LogP) is 3.88. The van der Waals surface area contributed by atoms with Crippen LogP contribution in [0.5, 0.6) is 11.5 Å². The number of amides is 1. The molecule has 0 aliphatic heterocycles. The van der Waals surface area contributed by atoms with E-state index in [0.29, 0.717) is 28.1 Å². The van der Waals surface area contributed by atoms with E-state index in [-0.39, 0.29) is 17.9 Å². The third kappa shape index (κ3) is 4.51. The molecule has 0 atom stereocenters. The van der Waals surface area contributed by atoms with Crippen LogP contribution in [0.4, 0.5) is 5.13 Å². The number of anilines is 1. The smallest absolute Gasteiger partial charge is 0.293 e. The number of furan rings is 1. The molecule has 0 fully saturated rings. The van der Waals surface area contributed by atoms with Crippen molar-refractivity contribution in [3.63, 3.8) is 0 Å². The first-order valence-corrected chi connectivity index (χ1v) is 10.2. The number of nitrogens with one attached hydrogen (secondary N) is 1. The summed E-state index contributed by atoms with van der Waals surface area (Å²) in [4.78, 5) is 28.9. The first kappa shape index (κ1) is 20.4. The number of aromatic nitrogens is 2. The molecule has 0 spiro atoms. The first-order chi connectivity index (χ1) is 15.1. The molecule has 158 valence electrons. The molecule has 8 nitrogen and oxygen atoms in total. The molecule has 4 aromatic rings. The maximum absolute atomic E-state index is 12.6. The minimum Gasteiger partial charge on any atom is -0.497 e. The zero-order valence-corrected chi connectivity index (χ0v) is 17.6. The van der Waals surface area contributed by atoms with Crippen molar-refractivity contribution in [2.24, 2.45) is 0 Å². The van der Waals surface area contributed by atoms with E-state index >= 15 is 0 Å². The molecule has 0 aliphatic carbocycles. The summed E-state index contributed by atoms with van der Waals surface area (Å²) in [6.45, 7) is 0.240. The number of thiazole rings is 1. The van der Waals surface area contributed by atoms with Gasteiger partial charge in [0.2, 0.25) is 0 Å². The maximum atomic E-state index is 12.6. The summed E-state index contributed by atoms with van der Waals surface area (Å²) >= 11 is 1.28. The number of benzene rings is 1. The molecule has 9 heteroatoms. The summed E-state index contributed by atoms with van der Waals surface area (Å²) in [6.07, 6.45) is 1.66. The van der Waals surface area contributed by atoms with E-state index < -0.39 is 5.91 Å². The van der Waals surface area contributed by atoms with Crippen LogP contribution in [0, 0.1) is 0 Å². The van der Waals surface area contributed by atoms with Gasteiger partial charge >= 0.3 is 0 Å². The van der Waals surface area contributed by atoms with Gasteiger partial charge in [0.25, 0.3) is 11.5 Å². The Bertz CT molecular complexity index is 1270. The lowest BCUT2D eigenvalue weighted by atomic mass is 10.1. The number of hydrogen-bond acceptors (Lipinski definition) is 7.